The second-order valence-corrected chi connectivity index (χ2v) is 7.41. The van der Waals surface area contributed by atoms with Gasteiger partial charge in [-0.2, -0.15) is 0 Å². The van der Waals surface area contributed by atoms with Crippen LogP contribution < -0.4 is 5.32 Å². The van der Waals surface area contributed by atoms with Gasteiger partial charge in [-0.05, 0) is 73.3 Å². The average Bonchev–Trinajstić information content (AvgIpc) is 3.45. The van der Waals surface area contributed by atoms with Crippen LogP contribution in [0.1, 0.15) is 44.7 Å². The summed E-state index contributed by atoms with van der Waals surface area (Å²) in [5.74, 6) is -0.466. The van der Waals surface area contributed by atoms with Crippen molar-refractivity contribution in [3.05, 3.63) is 77.1 Å². The van der Waals surface area contributed by atoms with Gasteiger partial charge < -0.3 is 5.32 Å². The van der Waals surface area contributed by atoms with Gasteiger partial charge in [0.2, 0.25) is 5.91 Å². The van der Waals surface area contributed by atoms with Crippen molar-refractivity contribution in [2.75, 3.05) is 5.32 Å². The topological polar surface area (TPSA) is 59.1 Å². The maximum atomic E-state index is 13.0. The number of nitrogens with one attached hydrogen (secondary N) is 1. The zero-order chi connectivity index (χ0) is 22.4. The maximum absolute atomic E-state index is 13.0. The number of pyridine rings is 1. The summed E-state index contributed by atoms with van der Waals surface area (Å²) in [5, 5.41) is 2.67. The number of hydrogen-bond acceptors (Lipinski definition) is 3. The highest BCUT2D eigenvalue weighted by Crippen LogP contribution is 2.34. The molecule has 1 aliphatic rings. The van der Waals surface area contributed by atoms with E-state index in [0.717, 1.165) is 27.8 Å². The number of alkyl halides is 1. The van der Waals surface area contributed by atoms with Gasteiger partial charge in [-0.25, -0.2) is 9.37 Å². The molecule has 0 bridgehead atoms. The fourth-order valence-corrected chi connectivity index (χ4v) is 3.12. The number of nitrogens with zero attached hydrogens (tertiary/aromatic N) is 1. The van der Waals surface area contributed by atoms with Gasteiger partial charge >= 0.3 is 0 Å². The van der Waals surface area contributed by atoms with Gasteiger partial charge in [-0.1, -0.05) is 32.2 Å². The molecule has 30 heavy (non-hydrogen) atoms. The van der Waals surface area contributed by atoms with E-state index in [0.29, 0.717) is 17.8 Å². The summed E-state index contributed by atoms with van der Waals surface area (Å²) in [6, 6.07) is 1.76. The average molecular weight is 409 g/mol. The van der Waals surface area contributed by atoms with Gasteiger partial charge in [0.15, 0.2) is 5.78 Å². The zero-order valence-corrected chi connectivity index (χ0v) is 18.1. The monoisotopic (exact) mass is 408 g/mol. The van der Waals surface area contributed by atoms with E-state index in [-0.39, 0.29) is 18.1 Å². The molecule has 1 N–H and O–H groups in total. The molecule has 2 atom stereocenters. The molecule has 0 aliphatic heterocycles. The maximum Gasteiger partial charge on any atom is 0.231 e. The van der Waals surface area contributed by atoms with Crippen LogP contribution in [0, 0.1) is 12.8 Å². The number of rotatable bonds is 9. The number of carbonyl (C=O) groups excluding carboxylic acids is 2. The first-order valence-corrected chi connectivity index (χ1v) is 10.0. The molecule has 0 saturated heterocycles. The molecule has 1 fully saturated rings. The number of anilines is 1. The van der Waals surface area contributed by atoms with Crippen molar-refractivity contribution in [3.8, 4) is 0 Å². The van der Waals surface area contributed by atoms with Gasteiger partial charge in [0.25, 0.3) is 0 Å². The molecule has 1 heterocycles. The molecular weight excluding hydrogens is 379 g/mol. The first-order chi connectivity index (χ1) is 14.2. The lowest BCUT2D eigenvalue weighted by Crippen LogP contribution is -2.16. The largest absolute Gasteiger partial charge is 0.310 e. The predicted octanol–water partition coefficient (Wildman–Crippen LogP) is 5.68. The second kappa shape index (κ2) is 10.1. The van der Waals surface area contributed by atoms with E-state index in [1.54, 1.807) is 24.4 Å². The Morgan fingerprint density at radius 3 is 2.57 bits per heavy atom. The zero-order valence-electron chi connectivity index (χ0n) is 18.1. The number of Topliss-reactive ketones (excluding diaryl/α,β-unsaturated/α-hetero) is 1. The highest BCUT2D eigenvalue weighted by atomic mass is 19.1. The summed E-state index contributed by atoms with van der Waals surface area (Å²) < 4.78 is 13.0. The van der Waals surface area contributed by atoms with Crippen LogP contribution in [0.25, 0.3) is 6.08 Å². The third-order valence-electron chi connectivity index (χ3n) is 5.08. The number of halogens is 1. The van der Waals surface area contributed by atoms with E-state index in [9.17, 15) is 14.0 Å². The highest BCUT2D eigenvalue weighted by molar-refractivity contribution is 5.97. The standard InChI is InChI=1S/C25H29FN2O2/c1-7-18(20(8-2)16(5)10-17(6)23(29)9-3)12-19-14-27-24(11-15(19)4)28-25(30)21-13-22(21)26/h7-8,10-12,14,21-22H,1,6,9,13H2,2-5H3,(H,27,28,30)/b16-10-,18-12+,20-8+. The fraction of sp³-hybridized carbons (Fsp3) is 0.320. The van der Waals surface area contributed by atoms with Crippen molar-refractivity contribution >= 4 is 23.6 Å². The van der Waals surface area contributed by atoms with Gasteiger partial charge in [0.1, 0.15) is 12.0 Å². The smallest absolute Gasteiger partial charge is 0.231 e. The summed E-state index contributed by atoms with van der Waals surface area (Å²) in [4.78, 5) is 28.0. The molecule has 0 spiro atoms. The van der Waals surface area contributed by atoms with Crippen molar-refractivity contribution in [1.29, 1.82) is 0 Å². The lowest BCUT2D eigenvalue weighted by molar-refractivity contribution is -0.117. The van der Waals surface area contributed by atoms with Crippen molar-refractivity contribution in [2.45, 2.75) is 46.7 Å². The van der Waals surface area contributed by atoms with E-state index in [2.05, 4.69) is 23.5 Å². The normalized spacial score (nSPS) is 19.3. The molecule has 1 saturated carbocycles. The van der Waals surface area contributed by atoms with Crippen molar-refractivity contribution in [3.63, 3.8) is 0 Å². The van der Waals surface area contributed by atoms with Crippen LogP contribution in [0.5, 0.6) is 0 Å². The Morgan fingerprint density at radius 1 is 1.40 bits per heavy atom. The number of amides is 1. The Hall–Kier alpha value is -3.08. The Labute approximate surface area is 178 Å². The van der Waals surface area contributed by atoms with Crippen LogP contribution in [-0.2, 0) is 9.59 Å². The lowest BCUT2D eigenvalue weighted by atomic mass is 9.94. The molecule has 2 rings (SSSR count). The van der Waals surface area contributed by atoms with Crippen molar-refractivity contribution < 1.29 is 14.0 Å². The van der Waals surface area contributed by atoms with E-state index < -0.39 is 12.1 Å². The summed E-state index contributed by atoms with van der Waals surface area (Å²) in [6.45, 7) is 15.4. The van der Waals surface area contributed by atoms with Crippen LogP contribution in [0.3, 0.4) is 0 Å². The number of carbonyl (C=O) groups is 2. The van der Waals surface area contributed by atoms with Crippen molar-refractivity contribution in [2.24, 2.45) is 5.92 Å². The van der Waals surface area contributed by atoms with Crippen LogP contribution in [0.4, 0.5) is 10.2 Å². The minimum Gasteiger partial charge on any atom is -0.310 e. The number of hydrogen-bond donors (Lipinski definition) is 1. The molecule has 2 unspecified atom stereocenters. The van der Waals surface area contributed by atoms with Crippen LogP contribution in [0.2, 0.25) is 0 Å². The Morgan fingerprint density at radius 2 is 2.07 bits per heavy atom. The molecule has 0 aromatic carbocycles. The fourth-order valence-electron chi connectivity index (χ4n) is 3.12. The number of aryl methyl sites for hydroxylation is 1. The van der Waals surface area contributed by atoms with Gasteiger partial charge in [0, 0.05) is 18.2 Å². The quantitative estimate of drug-likeness (QED) is 0.422. The third kappa shape index (κ3) is 5.72. The molecule has 5 heteroatoms. The Kier molecular flexibility index (Phi) is 7.81. The first kappa shape index (κ1) is 23.2. The second-order valence-electron chi connectivity index (χ2n) is 7.41. The molecule has 0 radical (unpaired) electrons. The number of aromatic nitrogens is 1. The summed E-state index contributed by atoms with van der Waals surface area (Å²) in [6.07, 6.45) is 8.78. The van der Waals surface area contributed by atoms with E-state index in [1.807, 2.05) is 39.8 Å². The highest BCUT2D eigenvalue weighted by Gasteiger charge is 2.43. The van der Waals surface area contributed by atoms with Crippen LogP contribution in [-0.4, -0.2) is 22.8 Å². The summed E-state index contributed by atoms with van der Waals surface area (Å²) >= 11 is 0. The van der Waals surface area contributed by atoms with Gasteiger partial charge in [-0.3, -0.25) is 9.59 Å². The van der Waals surface area contributed by atoms with E-state index in [1.165, 1.54) is 0 Å². The molecule has 1 aliphatic carbocycles. The van der Waals surface area contributed by atoms with E-state index in [4.69, 9.17) is 0 Å². The molecular formula is C25H29FN2O2. The summed E-state index contributed by atoms with van der Waals surface area (Å²) in [5.41, 5.74) is 4.98. The molecule has 4 nitrogen and oxygen atoms in total. The Balaban J connectivity index is 2.26. The number of allylic oxidation sites excluding steroid dienone is 7. The van der Waals surface area contributed by atoms with Crippen LogP contribution in [0.15, 0.2) is 65.9 Å². The minimum absolute atomic E-state index is 0.0110. The van der Waals surface area contributed by atoms with Crippen molar-refractivity contribution in [1.82, 2.24) is 4.98 Å². The molecule has 1 aromatic rings. The van der Waals surface area contributed by atoms with Gasteiger partial charge in [-0.15, -0.1) is 0 Å². The van der Waals surface area contributed by atoms with E-state index >= 15 is 0 Å². The van der Waals surface area contributed by atoms with Crippen LogP contribution >= 0.6 is 0 Å². The third-order valence-corrected chi connectivity index (χ3v) is 5.08. The SMILES string of the molecule is C=CC(=C\c1cnc(NC(=O)C2CC2F)cc1C)/C(=C/C)C(/C)=C\C(=C)C(=O)CC. The molecule has 158 valence electrons. The molecule has 1 amide bonds. The summed E-state index contributed by atoms with van der Waals surface area (Å²) in [7, 11) is 0. The Bertz CT molecular complexity index is 969. The number of ketones is 1. The predicted molar refractivity (Wildman–Crippen MR) is 121 cm³/mol. The molecule has 1 aromatic heterocycles. The minimum atomic E-state index is -1.04. The lowest BCUT2D eigenvalue weighted by Gasteiger charge is -2.12. The van der Waals surface area contributed by atoms with Gasteiger partial charge in [0.05, 0.1) is 5.92 Å². The first-order valence-electron chi connectivity index (χ1n) is 10.0.